The van der Waals surface area contributed by atoms with E-state index in [4.69, 9.17) is 9.15 Å². The van der Waals surface area contributed by atoms with Gasteiger partial charge in [-0.2, -0.15) is 0 Å². The highest BCUT2D eigenvalue weighted by atomic mass is 32.1. The largest absolute Gasteiger partial charge is 0.493 e. The van der Waals surface area contributed by atoms with Crippen molar-refractivity contribution in [3.8, 4) is 5.75 Å². The molecular weight excluding hydrogens is 292 g/mol. The summed E-state index contributed by atoms with van der Waals surface area (Å²) in [5.41, 5.74) is 0.218. The molecule has 1 N–H and O–H groups in total. The summed E-state index contributed by atoms with van der Waals surface area (Å²) < 4.78 is 11.0. The molecule has 1 aliphatic rings. The molecule has 2 aromatic rings. The Balaban J connectivity index is 2.22. The van der Waals surface area contributed by atoms with Crippen molar-refractivity contribution in [2.24, 2.45) is 0 Å². The van der Waals surface area contributed by atoms with Gasteiger partial charge in [0.1, 0.15) is 0 Å². The van der Waals surface area contributed by atoms with E-state index in [-0.39, 0.29) is 0 Å². The predicted molar refractivity (Wildman–Crippen MR) is 79.3 cm³/mol. The van der Waals surface area contributed by atoms with Crippen molar-refractivity contribution in [3.63, 3.8) is 0 Å². The zero-order valence-corrected chi connectivity index (χ0v) is 12.5. The van der Waals surface area contributed by atoms with E-state index in [1.54, 1.807) is 12.1 Å². The van der Waals surface area contributed by atoms with Gasteiger partial charge in [-0.1, -0.05) is 30.6 Å². The van der Waals surface area contributed by atoms with Crippen LogP contribution in [0.3, 0.4) is 0 Å². The quantitative estimate of drug-likeness (QED) is 0.942. The molecule has 1 aromatic heterocycles. The molecule has 0 saturated heterocycles. The topological polar surface area (TPSA) is 76.7 Å². The second-order valence-electron chi connectivity index (χ2n) is 5.41. The van der Waals surface area contributed by atoms with Crippen molar-refractivity contribution in [1.82, 2.24) is 0 Å². The van der Waals surface area contributed by atoms with Gasteiger partial charge in [-0.25, -0.2) is 4.79 Å². The Kier molecular flexibility index (Phi) is 3.49. The van der Waals surface area contributed by atoms with Crippen LogP contribution >= 0.6 is 11.3 Å². The number of hydrogen-bond donors (Lipinski definition) is 1. The highest BCUT2D eigenvalue weighted by Crippen LogP contribution is 2.43. The maximum Gasteiger partial charge on any atom is 0.396 e. The number of rotatable bonds is 3. The summed E-state index contributed by atoms with van der Waals surface area (Å²) in [5.74, 6) is -0.383. The number of carboxylic acid groups (broad SMARTS) is 1. The smallest absolute Gasteiger partial charge is 0.396 e. The lowest BCUT2D eigenvalue weighted by atomic mass is 9.69. The highest BCUT2D eigenvalue weighted by Gasteiger charge is 2.42. The molecule has 1 aromatic carbocycles. The summed E-state index contributed by atoms with van der Waals surface area (Å²) in [6.07, 6.45) is 4.09. The third-order valence-corrected chi connectivity index (χ3v) is 5.06. The SMILES string of the molecule is COc1cc(C2(C(=O)O)CCCCC2)cc2sc(=O)oc12. The Morgan fingerprint density at radius 1 is 1.33 bits per heavy atom. The summed E-state index contributed by atoms with van der Waals surface area (Å²) in [6, 6.07) is 3.48. The summed E-state index contributed by atoms with van der Waals surface area (Å²) in [7, 11) is 1.49. The van der Waals surface area contributed by atoms with E-state index >= 15 is 0 Å². The number of hydrogen-bond acceptors (Lipinski definition) is 5. The van der Waals surface area contributed by atoms with Gasteiger partial charge >= 0.3 is 10.9 Å². The summed E-state index contributed by atoms with van der Waals surface area (Å²) in [6.45, 7) is 0. The Morgan fingerprint density at radius 2 is 2.05 bits per heavy atom. The second-order valence-corrected chi connectivity index (χ2v) is 6.39. The number of ether oxygens (including phenoxy) is 1. The molecule has 3 rings (SSSR count). The van der Waals surface area contributed by atoms with Crippen LogP contribution in [-0.4, -0.2) is 18.2 Å². The molecule has 112 valence electrons. The number of methoxy groups -OCH3 is 1. The maximum absolute atomic E-state index is 11.9. The van der Waals surface area contributed by atoms with Crippen molar-refractivity contribution in [2.45, 2.75) is 37.5 Å². The molecule has 1 heterocycles. The fourth-order valence-corrected chi connectivity index (χ4v) is 3.88. The van der Waals surface area contributed by atoms with E-state index in [0.29, 0.717) is 34.4 Å². The molecule has 5 nitrogen and oxygen atoms in total. The van der Waals surface area contributed by atoms with Gasteiger partial charge in [0.25, 0.3) is 0 Å². The maximum atomic E-state index is 11.9. The standard InChI is InChI=1S/C15H16O5S/c1-19-10-7-9(8-11-12(10)20-14(18)21-11)15(13(16)17)5-3-2-4-6-15/h7-8H,2-6H2,1H3,(H,16,17). The van der Waals surface area contributed by atoms with Crippen molar-refractivity contribution in [1.29, 1.82) is 0 Å². The molecule has 0 unspecified atom stereocenters. The van der Waals surface area contributed by atoms with Crippen LogP contribution in [0.15, 0.2) is 21.3 Å². The number of fused-ring (bicyclic) bond motifs is 1. The molecule has 6 heteroatoms. The Hall–Kier alpha value is -1.82. The first kappa shape index (κ1) is 14.1. The molecule has 0 radical (unpaired) electrons. The number of carboxylic acids is 1. The lowest BCUT2D eigenvalue weighted by Crippen LogP contribution is -2.37. The molecule has 1 aliphatic carbocycles. The average Bonchev–Trinajstić information content (AvgIpc) is 2.86. The lowest BCUT2D eigenvalue weighted by molar-refractivity contribution is -0.145. The zero-order valence-electron chi connectivity index (χ0n) is 11.7. The van der Waals surface area contributed by atoms with E-state index in [1.807, 2.05) is 0 Å². The first-order valence-corrected chi connectivity index (χ1v) is 7.74. The van der Waals surface area contributed by atoms with Crippen LogP contribution in [0.5, 0.6) is 5.75 Å². The molecule has 0 atom stereocenters. The predicted octanol–water partition coefficient (Wildman–Crippen LogP) is 3.15. The molecule has 0 bridgehead atoms. The molecule has 1 fully saturated rings. The second kappa shape index (κ2) is 5.18. The van der Waals surface area contributed by atoms with Crippen LogP contribution in [0.2, 0.25) is 0 Å². The number of aliphatic carboxylic acids is 1. The van der Waals surface area contributed by atoms with Crippen molar-refractivity contribution in [2.75, 3.05) is 7.11 Å². The van der Waals surface area contributed by atoms with Crippen LogP contribution in [0, 0.1) is 0 Å². The van der Waals surface area contributed by atoms with Crippen LogP contribution in [0.25, 0.3) is 10.3 Å². The third-order valence-electron chi connectivity index (χ3n) is 4.29. The van der Waals surface area contributed by atoms with E-state index in [9.17, 15) is 14.7 Å². The Labute approximate surface area is 125 Å². The summed E-state index contributed by atoms with van der Waals surface area (Å²) >= 11 is 0.975. The van der Waals surface area contributed by atoms with Crippen molar-refractivity contribution >= 4 is 27.6 Å². The minimum atomic E-state index is -0.882. The van der Waals surface area contributed by atoms with Crippen molar-refractivity contribution < 1.29 is 19.1 Å². The fraction of sp³-hybridized carbons (Fsp3) is 0.467. The van der Waals surface area contributed by atoms with Gasteiger partial charge in [-0.15, -0.1) is 0 Å². The molecular formula is C15H16O5S. The van der Waals surface area contributed by atoms with Gasteiger partial charge in [0.15, 0.2) is 11.3 Å². The van der Waals surface area contributed by atoms with Gasteiger partial charge in [0.2, 0.25) is 0 Å². The zero-order chi connectivity index (χ0) is 15.0. The summed E-state index contributed by atoms with van der Waals surface area (Å²) in [4.78, 5) is 22.9. The van der Waals surface area contributed by atoms with Gasteiger partial charge in [-0.3, -0.25) is 4.79 Å². The molecule has 0 amide bonds. The highest BCUT2D eigenvalue weighted by molar-refractivity contribution is 7.16. The molecule has 1 saturated carbocycles. The van der Waals surface area contributed by atoms with Crippen LogP contribution < -0.4 is 9.68 Å². The van der Waals surface area contributed by atoms with Crippen LogP contribution in [0.1, 0.15) is 37.7 Å². The van der Waals surface area contributed by atoms with Gasteiger partial charge < -0.3 is 14.3 Å². The minimum absolute atomic E-state index is 0.396. The third kappa shape index (κ3) is 2.23. The molecule has 0 spiro atoms. The fourth-order valence-electron chi connectivity index (χ4n) is 3.16. The Morgan fingerprint density at radius 3 is 2.67 bits per heavy atom. The van der Waals surface area contributed by atoms with Crippen molar-refractivity contribution in [3.05, 3.63) is 27.4 Å². The summed E-state index contributed by atoms with van der Waals surface area (Å²) in [5, 5.41) is 9.76. The van der Waals surface area contributed by atoms with Gasteiger partial charge in [0.05, 0.1) is 17.2 Å². The van der Waals surface area contributed by atoms with Crippen LogP contribution in [0.4, 0.5) is 0 Å². The van der Waals surface area contributed by atoms with Crippen LogP contribution in [-0.2, 0) is 10.2 Å². The van der Waals surface area contributed by atoms with E-state index in [0.717, 1.165) is 30.6 Å². The average molecular weight is 308 g/mol. The van der Waals surface area contributed by atoms with E-state index in [1.165, 1.54) is 7.11 Å². The number of benzene rings is 1. The Bertz CT molecular complexity index is 736. The normalized spacial score (nSPS) is 17.8. The minimum Gasteiger partial charge on any atom is -0.493 e. The molecule has 0 aliphatic heterocycles. The number of carbonyl (C=O) groups is 1. The first-order valence-electron chi connectivity index (χ1n) is 6.92. The molecule has 21 heavy (non-hydrogen) atoms. The lowest BCUT2D eigenvalue weighted by Gasteiger charge is -2.33. The van der Waals surface area contributed by atoms with E-state index in [2.05, 4.69) is 0 Å². The van der Waals surface area contributed by atoms with Gasteiger partial charge in [-0.05, 0) is 30.5 Å². The van der Waals surface area contributed by atoms with E-state index < -0.39 is 16.3 Å². The monoisotopic (exact) mass is 308 g/mol. The van der Waals surface area contributed by atoms with Gasteiger partial charge in [0, 0.05) is 0 Å². The first-order chi connectivity index (χ1) is 10.1.